The number of pyridine rings is 1. The standard InChI is InChI=1S/C24H31N5O2/c1-16-14-25-11-9-18(16)24(31)28-13-10-20-19(15-28)23(30)27-22(26-20)21-8-5-12-29(21)17-6-3-2-4-7-17/h9,11,14,17,21H,2-8,10,12-13,15H2,1H3,(H,26,27,30)/t21-/m0/s1. The fraction of sp³-hybridized carbons (Fsp3) is 0.583. The number of amides is 1. The Morgan fingerprint density at radius 2 is 1.97 bits per heavy atom. The molecule has 3 aliphatic rings. The van der Waals surface area contributed by atoms with Crippen molar-refractivity contribution in [1.82, 2.24) is 24.8 Å². The second-order valence-electron chi connectivity index (χ2n) is 9.23. The summed E-state index contributed by atoms with van der Waals surface area (Å²) in [6, 6.07) is 2.60. The lowest BCUT2D eigenvalue weighted by molar-refractivity contribution is 0.0731. The fourth-order valence-electron chi connectivity index (χ4n) is 5.59. The van der Waals surface area contributed by atoms with E-state index in [4.69, 9.17) is 4.98 Å². The molecule has 2 aromatic heterocycles. The van der Waals surface area contributed by atoms with E-state index >= 15 is 0 Å². The number of aryl methyl sites for hydroxylation is 1. The molecule has 2 aromatic rings. The highest BCUT2D eigenvalue weighted by molar-refractivity contribution is 5.95. The zero-order valence-corrected chi connectivity index (χ0v) is 18.3. The minimum atomic E-state index is -0.0838. The van der Waals surface area contributed by atoms with Crippen LogP contribution in [0.3, 0.4) is 0 Å². The molecule has 31 heavy (non-hydrogen) atoms. The van der Waals surface area contributed by atoms with Gasteiger partial charge in [-0.25, -0.2) is 4.98 Å². The van der Waals surface area contributed by atoms with Gasteiger partial charge in [0.2, 0.25) is 0 Å². The maximum atomic E-state index is 13.0. The van der Waals surface area contributed by atoms with Crippen LogP contribution in [0.4, 0.5) is 0 Å². The average molecular weight is 422 g/mol. The number of aromatic amines is 1. The van der Waals surface area contributed by atoms with Crippen LogP contribution in [0.25, 0.3) is 0 Å². The number of nitrogens with zero attached hydrogens (tertiary/aromatic N) is 4. The number of H-pyrrole nitrogens is 1. The van der Waals surface area contributed by atoms with Crippen LogP contribution < -0.4 is 5.56 Å². The third kappa shape index (κ3) is 3.91. The van der Waals surface area contributed by atoms with E-state index in [0.29, 0.717) is 36.7 Å². The summed E-state index contributed by atoms with van der Waals surface area (Å²) in [7, 11) is 0. The van der Waals surface area contributed by atoms with Crippen LogP contribution >= 0.6 is 0 Å². The SMILES string of the molecule is Cc1cnccc1C(=O)N1CCc2nc([C@@H]3CCCN3C3CCCCC3)[nH]c(=O)c2C1. The van der Waals surface area contributed by atoms with Gasteiger partial charge in [-0.3, -0.25) is 19.5 Å². The van der Waals surface area contributed by atoms with Crippen LogP contribution in [0.5, 0.6) is 0 Å². The van der Waals surface area contributed by atoms with Gasteiger partial charge in [0.1, 0.15) is 5.82 Å². The van der Waals surface area contributed by atoms with Crippen LogP contribution in [-0.2, 0) is 13.0 Å². The van der Waals surface area contributed by atoms with E-state index in [0.717, 1.165) is 36.5 Å². The molecule has 4 heterocycles. The molecule has 0 spiro atoms. The third-order valence-corrected chi connectivity index (χ3v) is 7.28. The van der Waals surface area contributed by atoms with Gasteiger partial charge in [-0.1, -0.05) is 19.3 Å². The summed E-state index contributed by atoms with van der Waals surface area (Å²) in [6.45, 7) is 3.89. The van der Waals surface area contributed by atoms with Crippen molar-refractivity contribution in [3.8, 4) is 0 Å². The van der Waals surface area contributed by atoms with Crippen molar-refractivity contribution in [2.24, 2.45) is 0 Å². The van der Waals surface area contributed by atoms with Gasteiger partial charge in [0.15, 0.2) is 0 Å². The van der Waals surface area contributed by atoms with Crippen molar-refractivity contribution in [1.29, 1.82) is 0 Å². The number of nitrogens with one attached hydrogen (secondary N) is 1. The first-order chi connectivity index (χ1) is 15.1. The van der Waals surface area contributed by atoms with Crippen LogP contribution in [0.2, 0.25) is 0 Å². The van der Waals surface area contributed by atoms with Crippen molar-refractivity contribution >= 4 is 5.91 Å². The number of rotatable bonds is 3. The van der Waals surface area contributed by atoms with Gasteiger partial charge < -0.3 is 9.88 Å². The number of carbonyl (C=O) groups is 1. The quantitative estimate of drug-likeness (QED) is 0.823. The van der Waals surface area contributed by atoms with Crippen LogP contribution in [0, 0.1) is 6.92 Å². The fourth-order valence-corrected chi connectivity index (χ4v) is 5.59. The van der Waals surface area contributed by atoms with E-state index in [9.17, 15) is 9.59 Å². The highest BCUT2D eigenvalue weighted by Crippen LogP contribution is 2.36. The van der Waals surface area contributed by atoms with Crippen molar-refractivity contribution in [2.75, 3.05) is 13.1 Å². The Hall–Kier alpha value is -2.54. The molecule has 164 valence electrons. The Bertz CT molecular complexity index is 1030. The minimum Gasteiger partial charge on any atom is -0.334 e. The van der Waals surface area contributed by atoms with Crippen LogP contribution in [0.1, 0.15) is 84.0 Å². The zero-order chi connectivity index (χ0) is 21.4. The Labute approximate surface area is 182 Å². The summed E-state index contributed by atoms with van der Waals surface area (Å²) >= 11 is 0. The lowest BCUT2D eigenvalue weighted by atomic mass is 9.93. The van der Waals surface area contributed by atoms with Gasteiger partial charge in [-0.2, -0.15) is 0 Å². The molecule has 0 bridgehead atoms. The monoisotopic (exact) mass is 421 g/mol. The molecule has 2 aliphatic heterocycles. The average Bonchev–Trinajstić information content (AvgIpc) is 3.29. The highest BCUT2D eigenvalue weighted by atomic mass is 16.2. The molecule has 1 saturated heterocycles. The van der Waals surface area contributed by atoms with E-state index in [2.05, 4.69) is 14.9 Å². The second-order valence-corrected chi connectivity index (χ2v) is 9.23. The molecule has 1 aliphatic carbocycles. The smallest absolute Gasteiger partial charge is 0.256 e. The lowest BCUT2D eigenvalue weighted by Crippen LogP contribution is -2.41. The summed E-state index contributed by atoms with van der Waals surface area (Å²) in [5.74, 6) is 0.782. The summed E-state index contributed by atoms with van der Waals surface area (Å²) in [6.07, 6.45) is 12.7. The Kier molecular flexibility index (Phi) is 5.61. The molecule has 1 saturated carbocycles. The van der Waals surface area contributed by atoms with Gasteiger partial charge in [0.05, 0.1) is 23.8 Å². The van der Waals surface area contributed by atoms with E-state index < -0.39 is 0 Å². The number of hydrogen-bond donors (Lipinski definition) is 1. The van der Waals surface area contributed by atoms with Crippen molar-refractivity contribution in [3.05, 3.63) is 57.0 Å². The van der Waals surface area contributed by atoms with Crippen molar-refractivity contribution < 1.29 is 4.79 Å². The van der Waals surface area contributed by atoms with Gasteiger partial charge in [-0.05, 0) is 50.8 Å². The predicted molar refractivity (Wildman–Crippen MR) is 118 cm³/mol. The Morgan fingerprint density at radius 1 is 1.13 bits per heavy atom. The van der Waals surface area contributed by atoms with Gasteiger partial charge >= 0.3 is 0 Å². The first-order valence-electron chi connectivity index (χ1n) is 11.7. The van der Waals surface area contributed by atoms with Gasteiger partial charge in [-0.15, -0.1) is 0 Å². The molecule has 7 nitrogen and oxygen atoms in total. The predicted octanol–water partition coefficient (Wildman–Crippen LogP) is 3.14. The number of likely N-dealkylation sites (tertiary alicyclic amines) is 1. The maximum Gasteiger partial charge on any atom is 0.256 e. The van der Waals surface area contributed by atoms with Gasteiger partial charge in [0.25, 0.3) is 11.5 Å². The lowest BCUT2D eigenvalue weighted by Gasteiger charge is -2.35. The molecule has 7 heteroatoms. The van der Waals surface area contributed by atoms with E-state index in [1.807, 2.05) is 6.92 Å². The first-order valence-corrected chi connectivity index (χ1v) is 11.7. The first kappa shape index (κ1) is 20.4. The summed E-state index contributed by atoms with van der Waals surface area (Å²) in [4.78, 5) is 42.5. The van der Waals surface area contributed by atoms with Gasteiger partial charge in [0, 0.05) is 37.0 Å². The minimum absolute atomic E-state index is 0.0479. The topological polar surface area (TPSA) is 82.2 Å². The normalized spacial score (nSPS) is 22.5. The van der Waals surface area contributed by atoms with Crippen LogP contribution in [0.15, 0.2) is 23.3 Å². The van der Waals surface area contributed by atoms with Crippen LogP contribution in [-0.4, -0.2) is 49.8 Å². The molecule has 0 aromatic carbocycles. The molecule has 2 fully saturated rings. The number of fused-ring (bicyclic) bond motifs is 1. The van der Waals surface area contributed by atoms with E-state index in [-0.39, 0.29) is 17.5 Å². The Morgan fingerprint density at radius 3 is 2.77 bits per heavy atom. The summed E-state index contributed by atoms with van der Waals surface area (Å²) < 4.78 is 0. The highest BCUT2D eigenvalue weighted by Gasteiger charge is 2.35. The maximum absolute atomic E-state index is 13.0. The summed E-state index contributed by atoms with van der Waals surface area (Å²) in [5, 5.41) is 0. The molecule has 0 unspecified atom stereocenters. The number of hydrogen-bond acceptors (Lipinski definition) is 5. The Balaban J connectivity index is 1.37. The van der Waals surface area contributed by atoms with E-state index in [1.54, 1.807) is 23.4 Å². The third-order valence-electron chi connectivity index (χ3n) is 7.28. The molecule has 0 radical (unpaired) electrons. The van der Waals surface area contributed by atoms with Crippen molar-refractivity contribution in [3.63, 3.8) is 0 Å². The van der Waals surface area contributed by atoms with E-state index in [1.165, 1.54) is 32.1 Å². The largest absolute Gasteiger partial charge is 0.334 e. The molecule has 5 rings (SSSR count). The zero-order valence-electron chi connectivity index (χ0n) is 18.3. The molecular weight excluding hydrogens is 390 g/mol. The summed E-state index contributed by atoms with van der Waals surface area (Å²) in [5.41, 5.74) is 2.92. The second kappa shape index (κ2) is 8.54. The number of aromatic nitrogens is 3. The molecule has 1 N–H and O–H groups in total. The number of carbonyl (C=O) groups excluding carboxylic acids is 1. The molecular formula is C24H31N5O2. The van der Waals surface area contributed by atoms with Crippen molar-refractivity contribution in [2.45, 2.75) is 76.9 Å². The molecule has 1 amide bonds. The molecule has 1 atom stereocenters.